The Morgan fingerprint density at radius 1 is 1.18 bits per heavy atom. The van der Waals surface area contributed by atoms with Gasteiger partial charge in [-0.3, -0.25) is 9.80 Å². The van der Waals surface area contributed by atoms with Gasteiger partial charge in [0.15, 0.2) is 0 Å². The SMILES string of the molecule is Cc1oc2ccccc2c1CN1CCN(C2CCNC2)CC1. The highest BCUT2D eigenvalue weighted by Crippen LogP contribution is 2.27. The molecule has 1 aromatic heterocycles. The lowest BCUT2D eigenvalue weighted by atomic mass is 10.1. The van der Waals surface area contributed by atoms with Gasteiger partial charge in [-0.2, -0.15) is 0 Å². The molecule has 0 amide bonds. The number of aryl methyl sites for hydroxylation is 1. The minimum atomic E-state index is 0.763. The van der Waals surface area contributed by atoms with Crippen molar-refractivity contribution in [1.82, 2.24) is 15.1 Å². The normalized spacial score (nSPS) is 24.3. The fourth-order valence-corrected chi connectivity index (χ4v) is 3.88. The van der Waals surface area contributed by atoms with E-state index in [0.29, 0.717) is 0 Å². The van der Waals surface area contributed by atoms with Crippen LogP contribution in [0.15, 0.2) is 28.7 Å². The Hall–Kier alpha value is -1.36. The van der Waals surface area contributed by atoms with Crippen LogP contribution in [-0.4, -0.2) is 55.1 Å². The largest absolute Gasteiger partial charge is 0.461 e. The predicted octanol–water partition coefficient (Wildman–Crippen LogP) is 2.22. The van der Waals surface area contributed by atoms with Gasteiger partial charge in [0.05, 0.1) is 0 Å². The van der Waals surface area contributed by atoms with Crippen LogP contribution in [0.2, 0.25) is 0 Å². The third-order valence-electron chi connectivity index (χ3n) is 5.24. The lowest BCUT2D eigenvalue weighted by molar-refractivity contribution is 0.0980. The average Bonchev–Trinajstić information content (AvgIpc) is 3.17. The summed E-state index contributed by atoms with van der Waals surface area (Å²) in [5.74, 6) is 1.07. The van der Waals surface area contributed by atoms with Crippen LogP contribution in [0, 0.1) is 6.92 Å². The highest BCUT2D eigenvalue weighted by Gasteiger charge is 2.26. The molecule has 0 saturated carbocycles. The fourth-order valence-electron chi connectivity index (χ4n) is 3.88. The second kappa shape index (κ2) is 6.03. The summed E-state index contributed by atoms with van der Waals surface area (Å²) in [6.45, 7) is 10.2. The highest BCUT2D eigenvalue weighted by atomic mass is 16.3. The molecule has 2 aromatic rings. The van der Waals surface area contributed by atoms with E-state index in [1.54, 1.807) is 0 Å². The highest BCUT2D eigenvalue weighted by molar-refractivity contribution is 5.82. The van der Waals surface area contributed by atoms with E-state index >= 15 is 0 Å². The summed E-state index contributed by atoms with van der Waals surface area (Å²) in [7, 11) is 0. The van der Waals surface area contributed by atoms with Crippen LogP contribution in [0.5, 0.6) is 0 Å². The molecule has 1 N–H and O–H groups in total. The van der Waals surface area contributed by atoms with Crippen LogP contribution in [0.1, 0.15) is 17.7 Å². The van der Waals surface area contributed by atoms with Crippen LogP contribution in [-0.2, 0) is 6.54 Å². The van der Waals surface area contributed by atoms with Crippen molar-refractivity contribution in [1.29, 1.82) is 0 Å². The molecule has 1 atom stereocenters. The summed E-state index contributed by atoms with van der Waals surface area (Å²) in [6, 6.07) is 9.16. The molecule has 3 heterocycles. The van der Waals surface area contributed by atoms with E-state index in [4.69, 9.17) is 4.42 Å². The molecule has 118 valence electrons. The standard InChI is InChI=1S/C18H25N3O/c1-14-17(16-4-2-3-5-18(16)22-14)13-20-8-10-21(11-9-20)15-6-7-19-12-15/h2-5,15,19H,6-13H2,1H3. The first kappa shape index (κ1) is 14.2. The number of hydrogen-bond acceptors (Lipinski definition) is 4. The van der Waals surface area contributed by atoms with E-state index in [-0.39, 0.29) is 0 Å². The molecule has 2 saturated heterocycles. The molecule has 0 spiro atoms. The first-order valence-corrected chi connectivity index (χ1v) is 8.45. The quantitative estimate of drug-likeness (QED) is 0.942. The Balaban J connectivity index is 1.42. The fraction of sp³-hybridized carbons (Fsp3) is 0.556. The predicted molar refractivity (Wildman–Crippen MR) is 89.1 cm³/mol. The summed E-state index contributed by atoms with van der Waals surface area (Å²) < 4.78 is 5.90. The third kappa shape index (κ3) is 2.67. The van der Waals surface area contributed by atoms with Crippen molar-refractivity contribution >= 4 is 11.0 Å². The minimum absolute atomic E-state index is 0.763. The maximum atomic E-state index is 5.90. The molecule has 2 fully saturated rings. The first-order chi connectivity index (χ1) is 10.8. The van der Waals surface area contributed by atoms with Crippen molar-refractivity contribution < 1.29 is 4.42 Å². The van der Waals surface area contributed by atoms with Gasteiger partial charge >= 0.3 is 0 Å². The Labute approximate surface area is 132 Å². The Morgan fingerprint density at radius 3 is 2.77 bits per heavy atom. The van der Waals surface area contributed by atoms with Crippen LogP contribution < -0.4 is 5.32 Å². The minimum Gasteiger partial charge on any atom is -0.461 e. The second-order valence-corrected chi connectivity index (χ2v) is 6.59. The van der Waals surface area contributed by atoms with Gasteiger partial charge in [-0.15, -0.1) is 0 Å². The lowest BCUT2D eigenvalue weighted by Gasteiger charge is -2.37. The molecule has 1 unspecified atom stereocenters. The Morgan fingerprint density at radius 2 is 2.00 bits per heavy atom. The van der Waals surface area contributed by atoms with Crippen LogP contribution >= 0.6 is 0 Å². The third-order valence-corrected chi connectivity index (χ3v) is 5.24. The molecule has 0 bridgehead atoms. The molecular weight excluding hydrogens is 274 g/mol. The number of piperazine rings is 1. The van der Waals surface area contributed by atoms with Crippen molar-refractivity contribution in [3.63, 3.8) is 0 Å². The van der Waals surface area contributed by atoms with E-state index in [0.717, 1.165) is 37.0 Å². The molecule has 4 nitrogen and oxygen atoms in total. The van der Waals surface area contributed by atoms with Gasteiger partial charge in [0, 0.05) is 56.3 Å². The number of hydrogen-bond donors (Lipinski definition) is 1. The van der Waals surface area contributed by atoms with Gasteiger partial charge in [0.25, 0.3) is 0 Å². The van der Waals surface area contributed by atoms with Crippen molar-refractivity contribution in [2.24, 2.45) is 0 Å². The van der Waals surface area contributed by atoms with Crippen LogP contribution in [0.4, 0.5) is 0 Å². The molecule has 0 radical (unpaired) electrons. The first-order valence-electron chi connectivity index (χ1n) is 8.45. The molecule has 2 aliphatic heterocycles. The maximum absolute atomic E-state index is 5.90. The number of nitrogens with one attached hydrogen (secondary N) is 1. The van der Waals surface area contributed by atoms with Crippen molar-refractivity contribution in [3.8, 4) is 0 Å². The summed E-state index contributed by atoms with van der Waals surface area (Å²) in [5, 5.41) is 4.76. The van der Waals surface area contributed by atoms with Gasteiger partial charge in [0.1, 0.15) is 11.3 Å². The summed E-state index contributed by atoms with van der Waals surface area (Å²) in [4.78, 5) is 5.24. The van der Waals surface area contributed by atoms with E-state index < -0.39 is 0 Å². The van der Waals surface area contributed by atoms with Gasteiger partial charge in [-0.1, -0.05) is 18.2 Å². The van der Waals surface area contributed by atoms with Crippen LogP contribution in [0.3, 0.4) is 0 Å². The number of para-hydroxylation sites is 1. The summed E-state index contributed by atoms with van der Waals surface area (Å²) in [5.41, 5.74) is 2.39. The van der Waals surface area contributed by atoms with E-state index in [1.807, 2.05) is 6.07 Å². The zero-order valence-electron chi connectivity index (χ0n) is 13.3. The molecular formula is C18H25N3O. The zero-order chi connectivity index (χ0) is 14.9. The van der Waals surface area contributed by atoms with Gasteiger partial charge in [0.2, 0.25) is 0 Å². The monoisotopic (exact) mass is 299 g/mol. The molecule has 4 rings (SSSR count). The van der Waals surface area contributed by atoms with Crippen molar-refractivity contribution in [2.45, 2.75) is 25.9 Å². The molecule has 0 aliphatic carbocycles. The summed E-state index contributed by atoms with van der Waals surface area (Å²) in [6.07, 6.45) is 1.31. The Kier molecular flexibility index (Phi) is 3.90. The van der Waals surface area contributed by atoms with Gasteiger partial charge < -0.3 is 9.73 Å². The van der Waals surface area contributed by atoms with Crippen molar-refractivity contribution in [2.75, 3.05) is 39.3 Å². The average molecular weight is 299 g/mol. The van der Waals surface area contributed by atoms with E-state index in [1.165, 1.54) is 43.5 Å². The van der Waals surface area contributed by atoms with E-state index in [2.05, 4.69) is 40.2 Å². The zero-order valence-corrected chi connectivity index (χ0v) is 13.3. The maximum Gasteiger partial charge on any atom is 0.134 e. The molecule has 2 aliphatic rings. The smallest absolute Gasteiger partial charge is 0.134 e. The number of benzene rings is 1. The Bertz CT molecular complexity index is 637. The molecule has 1 aromatic carbocycles. The van der Waals surface area contributed by atoms with Gasteiger partial charge in [-0.05, 0) is 26.0 Å². The van der Waals surface area contributed by atoms with Crippen molar-refractivity contribution in [3.05, 3.63) is 35.6 Å². The number of rotatable bonds is 3. The lowest BCUT2D eigenvalue weighted by Crippen LogP contribution is -2.50. The van der Waals surface area contributed by atoms with Gasteiger partial charge in [-0.25, -0.2) is 0 Å². The van der Waals surface area contributed by atoms with E-state index in [9.17, 15) is 0 Å². The second-order valence-electron chi connectivity index (χ2n) is 6.59. The number of furan rings is 1. The molecule has 4 heteroatoms. The number of fused-ring (bicyclic) bond motifs is 1. The summed E-state index contributed by atoms with van der Waals surface area (Å²) >= 11 is 0. The number of nitrogens with zero attached hydrogens (tertiary/aromatic N) is 2. The molecule has 22 heavy (non-hydrogen) atoms. The van der Waals surface area contributed by atoms with Crippen LogP contribution in [0.25, 0.3) is 11.0 Å². The topological polar surface area (TPSA) is 31.7 Å².